The molecule has 0 saturated heterocycles. The number of ether oxygens (including phenoxy) is 2. The molecule has 0 unspecified atom stereocenters. The average molecular weight is 446 g/mol. The fourth-order valence-electron chi connectivity index (χ4n) is 4.64. The van der Waals surface area contributed by atoms with Gasteiger partial charge in [0.1, 0.15) is 10.6 Å². The van der Waals surface area contributed by atoms with Crippen LogP contribution >= 0.6 is 0 Å². The molecule has 2 aliphatic heterocycles. The van der Waals surface area contributed by atoms with Crippen LogP contribution in [0.3, 0.4) is 0 Å². The van der Waals surface area contributed by atoms with E-state index in [4.69, 9.17) is 19.6 Å². The molecule has 168 valence electrons. The molecule has 7 nitrogen and oxygen atoms in total. The Kier molecular flexibility index (Phi) is 6.35. The third kappa shape index (κ3) is 4.48. The molecule has 1 aromatic carbocycles. The minimum absolute atomic E-state index is 0.0130. The molecular formula is C23H31N3O4S. The van der Waals surface area contributed by atoms with Crippen LogP contribution in [0.15, 0.2) is 39.9 Å². The molecule has 1 fully saturated rings. The van der Waals surface area contributed by atoms with Crippen LogP contribution in [-0.4, -0.2) is 59.0 Å². The number of methoxy groups -OCH3 is 2. The van der Waals surface area contributed by atoms with E-state index in [9.17, 15) is 8.42 Å². The lowest BCUT2D eigenvalue weighted by atomic mass is 9.74. The molecular weight excluding hydrogens is 414 g/mol. The molecule has 4 rings (SSSR count). The zero-order valence-corrected chi connectivity index (χ0v) is 19.2. The van der Waals surface area contributed by atoms with E-state index in [0.29, 0.717) is 0 Å². The highest BCUT2D eigenvalue weighted by molar-refractivity contribution is 7.89. The van der Waals surface area contributed by atoms with E-state index in [1.165, 1.54) is 12.7 Å². The van der Waals surface area contributed by atoms with E-state index in [-0.39, 0.29) is 22.7 Å². The third-order valence-corrected chi connectivity index (χ3v) is 7.62. The van der Waals surface area contributed by atoms with Gasteiger partial charge >= 0.3 is 0 Å². The highest BCUT2D eigenvalue weighted by Gasteiger charge is 2.34. The van der Waals surface area contributed by atoms with E-state index in [2.05, 4.69) is 17.9 Å². The van der Waals surface area contributed by atoms with Crippen molar-refractivity contribution in [2.75, 3.05) is 33.9 Å². The summed E-state index contributed by atoms with van der Waals surface area (Å²) < 4.78 is 35.4. The number of hydrogen-bond donors (Lipinski definition) is 1. The van der Waals surface area contributed by atoms with E-state index >= 15 is 0 Å². The van der Waals surface area contributed by atoms with Gasteiger partial charge in [0, 0.05) is 45.0 Å². The summed E-state index contributed by atoms with van der Waals surface area (Å²) in [6, 6.07) is 3.51. The fourth-order valence-corrected chi connectivity index (χ4v) is 5.34. The monoisotopic (exact) mass is 445 g/mol. The average Bonchev–Trinajstić information content (AvgIpc) is 2.93. The molecule has 3 aliphatic rings. The molecule has 0 radical (unpaired) electrons. The molecule has 1 aromatic rings. The van der Waals surface area contributed by atoms with E-state index in [1.54, 1.807) is 13.2 Å². The highest BCUT2D eigenvalue weighted by Crippen LogP contribution is 2.45. The molecule has 2 N–H and O–H groups in total. The molecule has 1 aliphatic carbocycles. The first-order chi connectivity index (χ1) is 14.8. The van der Waals surface area contributed by atoms with Crippen LogP contribution in [0.2, 0.25) is 0 Å². The Morgan fingerprint density at radius 2 is 2.00 bits per heavy atom. The van der Waals surface area contributed by atoms with Gasteiger partial charge < -0.3 is 9.47 Å². The first-order valence-corrected chi connectivity index (χ1v) is 12.3. The summed E-state index contributed by atoms with van der Waals surface area (Å²) in [5, 5.41) is 5.51. The maximum absolute atomic E-state index is 12.3. The van der Waals surface area contributed by atoms with Crippen LogP contribution in [0.1, 0.15) is 49.7 Å². The van der Waals surface area contributed by atoms with Crippen molar-refractivity contribution in [1.82, 2.24) is 4.90 Å². The minimum Gasteiger partial charge on any atom is -0.495 e. The van der Waals surface area contributed by atoms with Crippen LogP contribution in [0.5, 0.6) is 5.75 Å². The molecule has 0 amide bonds. The van der Waals surface area contributed by atoms with Crippen molar-refractivity contribution in [2.45, 2.75) is 49.5 Å². The van der Waals surface area contributed by atoms with E-state index in [1.807, 2.05) is 12.3 Å². The summed E-state index contributed by atoms with van der Waals surface area (Å²) >= 11 is 0. The van der Waals surface area contributed by atoms with Crippen LogP contribution < -0.4 is 9.88 Å². The number of aliphatic imine (C=N–C) groups is 1. The maximum atomic E-state index is 12.3. The number of likely N-dealkylation sites (N-methyl/N-ethyl adjacent to an activating group) is 1. The number of rotatable bonds is 6. The predicted molar refractivity (Wildman–Crippen MR) is 122 cm³/mol. The van der Waals surface area contributed by atoms with Crippen LogP contribution in [0.25, 0.3) is 5.57 Å². The third-order valence-electron chi connectivity index (χ3n) is 6.69. The smallest absolute Gasteiger partial charge is 0.241 e. The zero-order valence-electron chi connectivity index (χ0n) is 18.4. The van der Waals surface area contributed by atoms with Crippen molar-refractivity contribution in [1.29, 1.82) is 0 Å². The quantitative estimate of drug-likeness (QED) is 0.726. The van der Waals surface area contributed by atoms with E-state index < -0.39 is 10.0 Å². The van der Waals surface area contributed by atoms with Crippen molar-refractivity contribution >= 4 is 21.3 Å². The summed E-state index contributed by atoms with van der Waals surface area (Å²) in [7, 11) is -0.730. The number of sulfonamides is 1. The van der Waals surface area contributed by atoms with Gasteiger partial charge in [-0.2, -0.15) is 0 Å². The molecule has 8 heteroatoms. The van der Waals surface area contributed by atoms with Gasteiger partial charge in [-0.15, -0.1) is 0 Å². The zero-order chi connectivity index (χ0) is 22.2. The van der Waals surface area contributed by atoms with E-state index in [0.717, 1.165) is 67.7 Å². The number of fused-ring (bicyclic) bond motifs is 1. The topological polar surface area (TPSA) is 94.2 Å². The van der Waals surface area contributed by atoms with Crippen molar-refractivity contribution in [3.05, 3.63) is 41.1 Å². The lowest BCUT2D eigenvalue weighted by Crippen LogP contribution is -2.29. The summed E-state index contributed by atoms with van der Waals surface area (Å²) in [6.45, 7) is 5.10. The maximum Gasteiger partial charge on any atom is 0.241 e. The summed E-state index contributed by atoms with van der Waals surface area (Å²) in [5.74, 6) is 0.573. The van der Waals surface area contributed by atoms with Gasteiger partial charge in [-0.1, -0.05) is 13.0 Å². The second-order valence-corrected chi connectivity index (χ2v) is 9.97. The van der Waals surface area contributed by atoms with Gasteiger partial charge in [0.05, 0.1) is 13.2 Å². The van der Waals surface area contributed by atoms with Gasteiger partial charge in [0.2, 0.25) is 10.0 Å². The summed E-state index contributed by atoms with van der Waals surface area (Å²) in [4.78, 5) is 7.18. The Morgan fingerprint density at radius 1 is 1.23 bits per heavy atom. The first kappa shape index (κ1) is 22.2. The normalized spacial score (nSPS) is 24.3. The number of nitrogens with zero attached hydrogens (tertiary/aromatic N) is 2. The summed E-state index contributed by atoms with van der Waals surface area (Å²) in [5.41, 5.74) is 5.35. The number of benzene rings is 1. The van der Waals surface area contributed by atoms with Gasteiger partial charge in [-0.3, -0.25) is 9.89 Å². The predicted octanol–water partition coefficient (Wildman–Crippen LogP) is 3.07. The molecule has 31 heavy (non-hydrogen) atoms. The Morgan fingerprint density at radius 3 is 2.65 bits per heavy atom. The highest BCUT2D eigenvalue weighted by atomic mass is 32.2. The van der Waals surface area contributed by atoms with Crippen molar-refractivity contribution in [2.24, 2.45) is 10.1 Å². The Labute approximate surface area is 184 Å². The Balaban J connectivity index is 1.77. The van der Waals surface area contributed by atoms with Crippen molar-refractivity contribution in [3.63, 3.8) is 0 Å². The number of primary sulfonamides is 1. The van der Waals surface area contributed by atoms with Gasteiger partial charge in [-0.25, -0.2) is 13.6 Å². The molecule has 0 aromatic heterocycles. The standard InChI is InChI=1S/C23H31N3O4S/c1-4-26-7-5-15-9-17(14-25-21(15)6-8-26)20-13-23(31(24,27)28)22(30-3)12-19(20)16-10-18(11-16)29-2/h5,12-14,16,18H,4,6-11H2,1-3H3,(H2,24,27,28). The summed E-state index contributed by atoms with van der Waals surface area (Å²) in [6.07, 6.45) is 7.86. The molecule has 0 atom stereocenters. The molecule has 1 saturated carbocycles. The number of nitrogens with two attached hydrogens (primary N) is 1. The van der Waals surface area contributed by atoms with Crippen molar-refractivity contribution < 1.29 is 17.9 Å². The molecule has 2 heterocycles. The van der Waals surface area contributed by atoms with Crippen LogP contribution in [-0.2, 0) is 14.8 Å². The van der Waals surface area contributed by atoms with Gasteiger partial charge in [0.25, 0.3) is 0 Å². The molecule has 0 spiro atoms. The Bertz CT molecular complexity index is 1050. The van der Waals surface area contributed by atoms with Crippen molar-refractivity contribution in [3.8, 4) is 5.75 Å². The second kappa shape index (κ2) is 8.86. The molecule has 0 bridgehead atoms. The number of allylic oxidation sites excluding steroid dienone is 2. The van der Waals surface area contributed by atoms with Crippen LogP contribution in [0.4, 0.5) is 0 Å². The minimum atomic E-state index is -3.93. The van der Waals surface area contributed by atoms with Crippen LogP contribution in [0, 0.1) is 0 Å². The number of hydrogen-bond acceptors (Lipinski definition) is 6. The second-order valence-electron chi connectivity index (χ2n) is 8.44. The van der Waals surface area contributed by atoms with Gasteiger partial charge in [0.15, 0.2) is 0 Å². The largest absolute Gasteiger partial charge is 0.495 e. The first-order valence-electron chi connectivity index (χ1n) is 10.8. The fraction of sp³-hybridized carbons (Fsp3) is 0.522. The van der Waals surface area contributed by atoms with Gasteiger partial charge in [-0.05, 0) is 59.7 Å². The lowest BCUT2D eigenvalue weighted by molar-refractivity contribution is 0.0256. The Hall–Kier alpha value is -2.00. The SMILES string of the molecule is CCN1CC=C2CC(c3cc(S(N)(=O)=O)c(OC)cc3C3CC(OC)C3)=CN=C2CC1. The lowest BCUT2D eigenvalue weighted by Gasteiger charge is -2.36.